The molecule has 2 rings (SSSR count). The first-order valence-electron chi connectivity index (χ1n) is 6.35. The van der Waals surface area contributed by atoms with Crippen LogP contribution in [-0.2, 0) is 0 Å². The third-order valence-electron chi connectivity index (χ3n) is 3.57. The van der Waals surface area contributed by atoms with E-state index in [1.807, 2.05) is 0 Å². The predicted octanol–water partition coefficient (Wildman–Crippen LogP) is 1.15. The molecule has 1 aliphatic carbocycles. The molecule has 1 aromatic rings. The summed E-state index contributed by atoms with van der Waals surface area (Å²) in [5, 5.41) is 12.5. The van der Waals surface area contributed by atoms with Crippen molar-refractivity contribution in [3.63, 3.8) is 0 Å². The van der Waals surface area contributed by atoms with Gasteiger partial charge in [-0.3, -0.25) is 9.78 Å². The van der Waals surface area contributed by atoms with Crippen LogP contribution in [-0.4, -0.2) is 33.1 Å². The smallest absolute Gasteiger partial charge is 0.271 e. The lowest BCUT2D eigenvalue weighted by Crippen LogP contribution is -2.54. The number of rotatable bonds is 3. The van der Waals surface area contributed by atoms with E-state index in [0.29, 0.717) is 11.6 Å². The maximum Gasteiger partial charge on any atom is 0.271 e. The van der Waals surface area contributed by atoms with Gasteiger partial charge < -0.3 is 10.4 Å². The first-order valence-corrected chi connectivity index (χ1v) is 6.35. The fourth-order valence-corrected chi connectivity index (χ4v) is 2.68. The number of nitrogens with one attached hydrogen (secondary N) is 1. The quantitative estimate of drug-likeness (QED) is 0.842. The highest BCUT2D eigenvalue weighted by Crippen LogP contribution is 2.32. The molecule has 0 radical (unpaired) electrons. The van der Waals surface area contributed by atoms with Gasteiger partial charge in [0.05, 0.1) is 18.3 Å². The van der Waals surface area contributed by atoms with Gasteiger partial charge >= 0.3 is 0 Å². The molecule has 1 fully saturated rings. The van der Waals surface area contributed by atoms with Crippen molar-refractivity contribution < 1.29 is 9.90 Å². The molecule has 5 nitrogen and oxygen atoms in total. The van der Waals surface area contributed by atoms with Crippen molar-refractivity contribution in [1.82, 2.24) is 15.3 Å². The molecule has 1 saturated carbocycles. The minimum atomic E-state index is -0.494. The molecule has 1 heterocycles. The van der Waals surface area contributed by atoms with E-state index in [0.717, 1.165) is 25.7 Å². The van der Waals surface area contributed by atoms with E-state index in [-0.39, 0.29) is 12.5 Å². The summed E-state index contributed by atoms with van der Waals surface area (Å²) in [5.74, 6) is 0.263. The molecule has 0 bridgehead atoms. The highest BCUT2D eigenvalue weighted by Gasteiger charge is 2.36. The van der Waals surface area contributed by atoms with Crippen LogP contribution in [0.25, 0.3) is 0 Å². The molecule has 5 heteroatoms. The fraction of sp³-hybridized carbons (Fsp3) is 0.615. The van der Waals surface area contributed by atoms with Crippen LogP contribution in [0.15, 0.2) is 18.6 Å². The lowest BCUT2D eigenvalue weighted by molar-refractivity contribution is 0.0692. The zero-order valence-corrected chi connectivity index (χ0v) is 10.6. The van der Waals surface area contributed by atoms with E-state index in [2.05, 4.69) is 22.2 Å². The largest absolute Gasteiger partial charge is 0.394 e. The van der Waals surface area contributed by atoms with E-state index in [1.54, 1.807) is 0 Å². The molecule has 2 atom stereocenters. The molecule has 1 aromatic heterocycles. The molecule has 98 valence electrons. The molecule has 2 unspecified atom stereocenters. The van der Waals surface area contributed by atoms with Crippen LogP contribution < -0.4 is 5.32 Å². The standard InChI is InChI=1S/C13H19N3O2/c1-10-3-2-4-13(7-10,9-17)16-12(18)11-8-14-5-6-15-11/h5-6,8,10,17H,2-4,7,9H2,1H3,(H,16,18). The topological polar surface area (TPSA) is 75.1 Å². The number of aliphatic hydroxyl groups is 1. The minimum Gasteiger partial charge on any atom is -0.394 e. The Morgan fingerprint density at radius 1 is 1.61 bits per heavy atom. The summed E-state index contributed by atoms with van der Waals surface area (Å²) < 4.78 is 0. The fourth-order valence-electron chi connectivity index (χ4n) is 2.68. The number of aliphatic hydroxyl groups excluding tert-OH is 1. The summed E-state index contributed by atoms with van der Waals surface area (Å²) >= 11 is 0. The van der Waals surface area contributed by atoms with Crippen molar-refractivity contribution >= 4 is 5.91 Å². The molecule has 1 aliphatic rings. The van der Waals surface area contributed by atoms with Crippen molar-refractivity contribution in [3.05, 3.63) is 24.3 Å². The summed E-state index contributed by atoms with van der Waals surface area (Å²) in [6.07, 6.45) is 8.28. The maximum absolute atomic E-state index is 12.1. The van der Waals surface area contributed by atoms with Crippen LogP contribution in [0.5, 0.6) is 0 Å². The van der Waals surface area contributed by atoms with Crippen LogP contribution in [0.4, 0.5) is 0 Å². The lowest BCUT2D eigenvalue weighted by atomic mass is 9.77. The first kappa shape index (κ1) is 13.0. The van der Waals surface area contributed by atoms with Crippen LogP contribution in [0.2, 0.25) is 0 Å². The zero-order chi connectivity index (χ0) is 13.0. The van der Waals surface area contributed by atoms with Crippen molar-refractivity contribution in [3.8, 4) is 0 Å². The van der Waals surface area contributed by atoms with Gasteiger partial charge in [-0.1, -0.05) is 19.8 Å². The Hall–Kier alpha value is -1.49. The second-order valence-corrected chi connectivity index (χ2v) is 5.18. The number of aromatic nitrogens is 2. The molecule has 0 aromatic carbocycles. The summed E-state index contributed by atoms with van der Waals surface area (Å²) in [4.78, 5) is 19.9. The highest BCUT2D eigenvalue weighted by atomic mass is 16.3. The summed E-state index contributed by atoms with van der Waals surface area (Å²) in [7, 11) is 0. The summed E-state index contributed by atoms with van der Waals surface area (Å²) in [6.45, 7) is 2.13. The van der Waals surface area contributed by atoms with E-state index in [1.165, 1.54) is 18.6 Å². The molecular formula is C13H19N3O2. The number of hydrogen-bond donors (Lipinski definition) is 2. The number of carbonyl (C=O) groups is 1. The minimum absolute atomic E-state index is 0.0245. The van der Waals surface area contributed by atoms with Crippen LogP contribution in [0, 0.1) is 5.92 Å². The summed E-state index contributed by atoms with van der Waals surface area (Å²) in [6, 6.07) is 0. The van der Waals surface area contributed by atoms with Gasteiger partial charge in [-0.25, -0.2) is 4.98 Å². The Morgan fingerprint density at radius 2 is 2.44 bits per heavy atom. The molecule has 0 saturated heterocycles. The zero-order valence-electron chi connectivity index (χ0n) is 10.6. The second kappa shape index (κ2) is 5.44. The second-order valence-electron chi connectivity index (χ2n) is 5.18. The molecule has 0 aliphatic heterocycles. The third-order valence-corrected chi connectivity index (χ3v) is 3.57. The van der Waals surface area contributed by atoms with Crippen LogP contribution >= 0.6 is 0 Å². The van der Waals surface area contributed by atoms with Gasteiger partial charge in [0.2, 0.25) is 0 Å². The van der Waals surface area contributed by atoms with E-state index >= 15 is 0 Å². The van der Waals surface area contributed by atoms with Crippen molar-refractivity contribution in [2.24, 2.45) is 5.92 Å². The van der Waals surface area contributed by atoms with Gasteiger partial charge in [0.15, 0.2) is 0 Å². The van der Waals surface area contributed by atoms with E-state index in [4.69, 9.17) is 0 Å². The van der Waals surface area contributed by atoms with Gasteiger partial charge in [-0.15, -0.1) is 0 Å². The third kappa shape index (κ3) is 2.85. The van der Waals surface area contributed by atoms with Crippen molar-refractivity contribution in [2.45, 2.75) is 38.1 Å². The van der Waals surface area contributed by atoms with Gasteiger partial charge in [-0.05, 0) is 18.8 Å². The average molecular weight is 249 g/mol. The van der Waals surface area contributed by atoms with Gasteiger partial charge in [0.1, 0.15) is 5.69 Å². The molecular weight excluding hydrogens is 230 g/mol. The molecule has 18 heavy (non-hydrogen) atoms. The first-order chi connectivity index (χ1) is 8.65. The van der Waals surface area contributed by atoms with Crippen LogP contribution in [0.3, 0.4) is 0 Å². The van der Waals surface area contributed by atoms with Gasteiger partial charge in [-0.2, -0.15) is 0 Å². The number of carbonyl (C=O) groups excluding carboxylic acids is 1. The molecule has 0 spiro atoms. The van der Waals surface area contributed by atoms with Gasteiger partial charge in [0, 0.05) is 12.4 Å². The maximum atomic E-state index is 12.1. The number of nitrogens with zero attached hydrogens (tertiary/aromatic N) is 2. The Kier molecular flexibility index (Phi) is 3.91. The Morgan fingerprint density at radius 3 is 3.06 bits per heavy atom. The average Bonchev–Trinajstić information content (AvgIpc) is 2.39. The number of hydrogen-bond acceptors (Lipinski definition) is 4. The SMILES string of the molecule is CC1CCCC(CO)(NC(=O)c2cnccn2)C1. The predicted molar refractivity (Wildman–Crippen MR) is 66.9 cm³/mol. The summed E-state index contributed by atoms with van der Waals surface area (Å²) in [5.41, 5.74) is -0.199. The van der Waals surface area contributed by atoms with Crippen LogP contribution in [0.1, 0.15) is 43.1 Å². The highest BCUT2D eigenvalue weighted by molar-refractivity contribution is 5.92. The Bertz CT molecular complexity index is 410. The Labute approximate surface area is 107 Å². The number of amides is 1. The van der Waals surface area contributed by atoms with E-state index < -0.39 is 5.54 Å². The van der Waals surface area contributed by atoms with Crippen molar-refractivity contribution in [2.75, 3.05) is 6.61 Å². The van der Waals surface area contributed by atoms with Gasteiger partial charge in [0.25, 0.3) is 5.91 Å². The Balaban J connectivity index is 2.08. The normalized spacial score (nSPS) is 27.8. The van der Waals surface area contributed by atoms with E-state index in [9.17, 15) is 9.90 Å². The molecule has 1 amide bonds. The lowest BCUT2D eigenvalue weighted by Gasteiger charge is -2.39. The monoisotopic (exact) mass is 249 g/mol. The van der Waals surface area contributed by atoms with Crippen molar-refractivity contribution in [1.29, 1.82) is 0 Å². The molecule has 2 N–H and O–H groups in total.